The number of ether oxygens (including phenoxy) is 2. The molecule has 0 amide bonds. The maximum absolute atomic E-state index is 10.8. The van der Waals surface area contributed by atoms with Gasteiger partial charge in [-0.05, 0) is 35.9 Å². The number of aliphatic carboxylic acids is 1. The Kier molecular flexibility index (Phi) is 5.78. The summed E-state index contributed by atoms with van der Waals surface area (Å²) in [5.74, 6) is 0.188. The number of nitrogens with zero attached hydrogens (tertiary/aromatic N) is 1. The molecule has 0 bridgehead atoms. The lowest BCUT2D eigenvalue weighted by Gasteiger charge is -2.08. The zero-order valence-corrected chi connectivity index (χ0v) is 12.3. The first kappa shape index (κ1) is 16.1. The number of carboxylic acids is 1. The zero-order valence-electron chi connectivity index (χ0n) is 12.3. The molecule has 2 aromatic rings. The summed E-state index contributed by atoms with van der Waals surface area (Å²) in [6, 6.07) is 17.9. The van der Waals surface area contributed by atoms with Gasteiger partial charge in [-0.3, -0.25) is 0 Å². The first-order chi connectivity index (χ1) is 11.2. The average Bonchev–Trinajstić information content (AvgIpc) is 2.58. The van der Waals surface area contributed by atoms with Crippen molar-refractivity contribution in [1.82, 2.24) is 0 Å². The second-order valence-electron chi connectivity index (χ2n) is 4.55. The Morgan fingerprint density at radius 2 is 1.57 bits per heavy atom. The predicted octanol–water partition coefficient (Wildman–Crippen LogP) is 3.14. The second kappa shape index (κ2) is 8.25. The quantitative estimate of drug-likeness (QED) is 0.483. The maximum atomic E-state index is 10.8. The van der Waals surface area contributed by atoms with Crippen molar-refractivity contribution in [1.29, 1.82) is 5.26 Å². The van der Waals surface area contributed by atoms with E-state index in [2.05, 4.69) is 0 Å². The molecule has 23 heavy (non-hydrogen) atoms. The number of para-hydroxylation sites is 1. The van der Waals surface area contributed by atoms with Crippen LogP contribution in [0.1, 0.15) is 5.56 Å². The molecule has 0 unspecified atom stereocenters. The molecule has 2 aromatic carbocycles. The van der Waals surface area contributed by atoms with Crippen molar-refractivity contribution in [3.05, 3.63) is 65.7 Å². The minimum atomic E-state index is -1.24. The van der Waals surface area contributed by atoms with E-state index in [0.717, 1.165) is 5.75 Å². The minimum absolute atomic E-state index is 0.310. The number of carboxylic acid groups (broad SMARTS) is 1. The number of hydrogen-bond donors (Lipinski definition) is 1. The van der Waals surface area contributed by atoms with Crippen LogP contribution in [0, 0.1) is 11.3 Å². The van der Waals surface area contributed by atoms with Gasteiger partial charge in [0.25, 0.3) is 0 Å². The van der Waals surface area contributed by atoms with Crippen LogP contribution in [0.15, 0.2) is 60.2 Å². The molecule has 116 valence electrons. The molecule has 0 saturated heterocycles. The number of rotatable bonds is 7. The molecule has 0 radical (unpaired) electrons. The first-order valence-electron chi connectivity index (χ1n) is 6.95. The summed E-state index contributed by atoms with van der Waals surface area (Å²) in [5, 5.41) is 17.5. The van der Waals surface area contributed by atoms with Crippen LogP contribution in [0.4, 0.5) is 0 Å². The average molecular weight is 309 g/mol. The molecule has 0 aliphatic heterocycles. The fourth-order valence-electron chi connectivity index (χ4n) is 1.80. The molecule has 1 N–H and O–H groups in total. The van der Waals surface area contributed by atoms with Gasteiger partial charge < -0.3 is 14.6 Å². The molecule has 0 aliphatic rings. The fourth-order valence-corrected chi connectivity index (χ4v) is 1.80. The van der Waals surface area contributed by atoms with Gasteiger partial charge in [0.1, 0.15) is 36.4 Å². The summed E-state index contributed by atoms with van der Waals surface area (Å²) in [4.78, 5) is 10.8. The fraction of sp³-hybridized carbons (Fsp3) is 0.111. The number of nitriles is 1. The predicted molar refractivity (Wildman–Crippen MR) is 85.1 cm³/mol. The molecule has 0 aromatic heterocycles. The van der Waals surface area contributed by atoms with Crippen LogP contribution in [0.25, 0.3) is 6.08 Å². The molecule has 5 nitrogen and oxygen atoms in total. The van der Waals surface area contributed by atoms with Crippen molar-refractivity contribution < 1.29 is 19.4 Å². The Hall–Kier alpha value is -3.26. The van der Waals surface area contributed by atoms with Gasteiger partial charge in [0.2, 0.25) is 0 Å². The Morgan fingerprint density at radius 1 is 1.00 bits per heavy atom. The van der Waals surface area contributed by atoms with Gasteiger partial charge in [-0.25, -0.2) is 4.79 Å². The smallest absolute Gasteiger partial charge is 0.346 e. The number of benzene rings is 2. The van der Waals surface area contributed by atoms with E-state index in [0.29, 0.717) is 24.5 Å². The lowest BCUT2D eigenvalue weighted by Crippen LogP contribution is -2.08. The molecule has 0 saturated carbocycles. The Morgan fingerprint density at radius 3 is 2.09 bits per heavy atom. The van der Waals surface area contributed by atoms with Gasteiger partial charge in [0.05, 0.1) is 0 Å². The van der Waals surface area contributed by atoms with Crippen LogP contribution in [0.2, 0.25) is 0 Å². The van der Waals surface area contributed by atoms with Gasteiger partial charge in [-0.1, -0.05) is 30.3 Å². The normalized spacial score (nSPS) is 10.7. The van der Waals surface area contributed by atoms with Crippen LogP contribution in [-0.2, 0) is 4.79 Å². The number of carbonyl (C=O) groups is 1. The zero-order chi connectivity index (χ0) is 16.5. The Balaban J connectivity index is 1.83. The highest BCUT2D eigenvalue weighted by Gasteiger charge is 2.05. The van der Waals surface area contributed by atoms with E-state index < -0.39 is 5.97 Å². The van der Waals surface area contributed by atoms with Crippen molar-refractivity contribution >= 4 is 12.0 Å². The van der Waals surface area contributed by atoms with Crippen molar-refractivity contribution in [2.75, 3.05) is 13.2 Å². The van der Waals surface area contributed by atoms with Gasteiger partial charge in [0, 0.05) is 0 Å². The molecular weight excluding hydrogens is 294 g/mol. The van der Waals surface area contributed by atoms with E-state index in [-0.39, 0.29) is 5.57 Å². The van der Waals surface area contributed by atoms with Gasteiger partial charge in [0.15, 0.2) is 0 Å². The SMILES string of the molecule is N#CC(=Cc1ccc(OCCOc2ccccc2)cc1)C(=O)O. The standard InChI is InChI=1S/C18H15NO4/c19-13-15(18(20)21)12-14-6-8-17(9-7-14)23-11-10-22-16-4-2-1-3-5-16/h1-9,12H,10-11H2,(H,20,21). The van der Waals surface area contributed by atoms with E-state index in [1.54, 1.807) is 30.3 Å². The topological polar surface area (TPSA) is 79.5 Å². The van der Waals surface area contributed by atoms with Crippen LogP contribution < -0.4 is 9.47 Å². The summed E-state index contributed by atoms with van der Waals surface area (Å²) in [7, 11) is 0. The number of hydrogen-bond acceptors (Lipinski definition) is 4. The lowest BCUT2D eigenvalue weighted by atomic mass is 10.1. The van der Waals surface area contributed by atoms with Crippen molar-refractivity contribution in [2.45, 2.75) is 0 Å². The van der Waals surface area contributed by atoms with Gasteiger partial charge in [-0.15, -0.1) is 0 Å². The van der Waals surface area contributed by atoms with E-state index in [1.165, 1.54) is 6.08 Å². The molecular formula is C18H15NO4. The lowest BCUT2D eigenvalue weighted by molar-refractivity contribution is -0.132. The van der Waals surface area contributed by atoms with Crippen LogP contribution in [-0.4, -0.2) is 24.3 Å². The molecule has 0 fully saturated rings. The third kappa shape index (κ3) is 5.21. The third-order valence-corrected chi connectivity index (χ3v) is 2.91. The molecule has 0 aliphatic carbocycles. The summed E-state index contributed by atoms with van der Waals surface area (Å²) in [5.41, 5.74) is 0.312. The third-order valence-electron chi connectivity index (χ3n) is 2.91. The summed E-state index contributed by atoms with van der Waals surface area (Å²) >= 11 is 0. The molecule has 5 heteroatoms. The maximum Gasteiger partial charge on any atom is 0.346 e. The minimum Gasteiger partial charge on any atom is -0.490 e. The monoisotopic (exact) mass is 309 g/mol. The molecule has 0 atom stereocenters. The Bertz CT molecular complexity index is 715. The van der Waals surface area contributed by atoms with Gasteiger partial charge >= 0.3 is 5.97 Å². The van der Waals surface area contributed by atoms with E-state index in [4.69, 9.17) is 19.8 Å². The van der Waals surface area contributed by atoms with E-state index in [1.807, 2.05) is 30.3 Å². The van der Waals surface area contributed by atoms with Gasteiger partial charge in [-0.2, -0.15) is 5.26 Å². The second-order valence-corrected chi connectivity index (χ2v) is 4.55. The summed E-state index contributed by atoms with van der Waals surface area (Å²) < 4.78 is 11.0. The highest BCUT2D eigenvalue weighted by atomic mass is 16.5. The van der Waals surface area contributed by atoms with E-state index >= 15 is 0 Å². The molecule has 0 spiro atoms. The van der Waals surface area contributed by atoms with Crippen LogP contribution in [0.5, 0.6) is 11.5 Å². The van der Waals surface area contributed by atoms with E-state index in [9.17, 15) is 4.79 Å². The van der Waals surface area contributed by atoms with Crippen LogP contribution >= 0.6 is 0 Å². The van der Waals surface area contributed by atoms with Crippen molar-refractivity contribution in [3.8, 4) is 17.6 Å². The summed E-state index contributed by atoms with van der Waals surface area (Å²) in [6.45, 7) is 0.811. The molecule has 0 heterocycles. The summed E-state index contributed by atoms with van der Waals surface area (Å²) in [6.07, 6.45) is 1.31. The highest BCUT2D eigenvalue weighted by Crippen LogP contribution is 2.15. The highest BCUT2D eigenvalue weighted by molar-refractivity contribution is 5.96. The van der Waals surface area contributed by atoms with Crippen molar-refractivity contribution in [2.24, 2.45) is 0 Å². The Labute approximate surface area is 134 Å². The van der Waals surface area contributed by atoms with Crippen molar-refractivity contribution in [3.63, 3.8) is 0 Å². The first-order valence-corrected chi connectivity index (χ1v) is 6.95. The largest absolute Gasteiger partial charge is 0.490 e. The van der Waals surface area contributed by atoms with Crippen LogP contribution in [0.3, 0.4) is 0 Å². The molecule has 2 rings (SSSR count).